The number of piperidine rings is 1. The van der Waals surface area contributed by atoms with E-state index in [1.54, 1.807) is 45.2 Å². The molecule has 1 atom stereocenters. The van der Waals surface area contributed by atoms with Crippen molar-refractivity contribution >= 4 is 11.9 Å². The lowest BCUT2D eigenvalue weighted by atomic mass is 10.0. The van der Waals surface area contributed by atoms with Gasteiger partial charge in [-0.15, -0.1) is 0 Å². The van der Waals surface area contributed by atoms with Crippen LogP contribution in [0.2, 0.25) is 0 Å². The number of nitrogens with zero attached hydrogens (tertiary/aromatic N) is 1. The number of ether oxygens (including phenoxy) is 4. The van der Waals surface area contributed by atoms with Crippen molar-refractivity contribution in [3.8, 4) is 17.2 Å². The Morgan fingerprint density at radius 3 is 2.50 bits per heavy atom. The van der Waals surface area contributed by atoms with Crippen LogP contribution in [0.15, 0.2) is 42.5 Å². The van der Waals surface area contributed by atoms with Gasteiger partial charge in [0.1, 0.15) is 12.4 Å². The van der Waals surface area contributed by atoms with E-state index in [-0.39, 0.29) is 30.4 Å². The Kier molecular flexibility index (Phi) is 10.4. The third kappa shape index (κ3) is 7.88. The molecule has 1 amide bonds. The predicted octanol–water partition coefficient (Wildman–Crippen LogP) is 4.07. The van der Waals surface area contributed by atoms with Crippen molar-refractivity contribution in [1.82, 2.24) is 10.2 Å². The van der Waals surface area contributed by atoms with E-state index in [4.69, 9.17) is 18.9 Å². The lowest BCUT2D eigenvalue weighted by Gasteiger charge is -2.32. The maximum Gasteiger partial charge on any atom is 0.312 e. The van der Waals surface area contributed by atoms with Crippen LogP contribution in [0, 0.1) is 5.92 Å². The highest BCUT2D eigenvalue weighted by Crippen LogP contribution is 2.29. The number of carbonyl (C=O) groups is 2. The van der Waals surface area contributed by atoms with E-state index in [1.807, 2.05) is 19.1 Å². The smallest absolute Gasteiger partial charge is 0.312 e. The van der Waals surface area contributed by atoms with Gasteiger partial charge in [-0.3, -0.25) is 14.5 Å². The van der Waals surface area contributed by atoms with E-state index in [1.165, 1.54) is 5.56 Å². The van der Waals surface area contributed by atoms with Gasteiger partial charge in [-0.05, 0) is 69.5 Å². The largest absolute Gasteiger partial charge is 0.493 e. The van der Waals surface area contributed by atoms with Crippen LogP contribution in [0.1, 0.15) is 49.5 Å². The molecular weight excluding hydrogens is 460 g/mol. The molecule has 196 valence electrons. The van der Waals surface area contributed by atoms with Crippen molar-refractivity contribution < 1.29 is 28.5 Å². The maximum atomic E-state index is 12.8. The second-order valence-corrected chi connectivity index (χ2v) is 8.93. The molecule has 8 nitrogen and oxygen atoms in total. The van der Waals surface area contributed by atoms with Crippen LogP contribution >= 0.6 is 0 Å². The van der Waals surface area contributed by atoms with Crippen LogP contribution in [-0.4, -0.2) is 62.8 Å². The summed E-state index contributed by atoms with van der Waals surface area (Å²) >= 11 is 0. The summed E-state index contributed by atoms with van der Waals surface area (Å²) in [4.78, 5) is 27.0. The van der Waals surface area contributed by atoms with Gasteiger partial charge in [0, 0.05) is 31.2 Å². The molecule has 1 unspecified atom stereocenters. The minimum Gasteiger partial charge on any atom is -0.493 e. The minimum absolute atomic E-state index is 0.117. The fourth-order valence-electron chi connectivity index (χ4n) is 4.15. The standard InChI is InChI=1S/C28H38N2O6/c1-5-34-26-16-21(10-11-25(26)33-4)18-30-14-12-23(13-15-30)29-27(31)22-8-7-9-24(17-22)36-19-20(3)28(32)35-6-2/h7-11,16-17,20,23H,5-6,12-15,18-19H2,1-4H3,(H,29,31). The zero-order valence-electron chi connectivity index (χ0n) is 21.7. The van der Waals surface area contributed by atoms with Crippen molar-refractivity contribution in [2.75, 3.05) is 40.0 Å². The fraction of sp³-hybridized carbons (Fsp3) is 0.500. The highest BCUT2D eigenvalue weighted by Gasteiger charge is 2.22. The van der Waals surface area contributed by atoms with E-state index in [0.29, 0.717) is 24.5 Å². The molecule has 0 radical (unpaired) electrons. The molecular formula is C28H38N2O6. The lowest BCUT2D eigenvalue weighted by molar-refractivity contribution is -0.148. The second-order valence-electron chi connectivity index (χ2n) is 8.93. The van der Waals surface area contributed by atoms with Gasteiger partial charge >= 0.3 is 5.97 Å². The van der Waals surface area contributed by atoms with E-state index in [0.717, 1.165) is 44.0 Å². The highest BCUT2D eigenvalue weighted by molar-refractivity contribution is 5.94. The van der Waals surface area contributed by atoms with Crippen molar-refractivity contribution in [2.45, 2.75) is 46.2 Å². The van der Waals surface area contributed by atoms with Crippen LogP contribution in [0.4, 0.5) is 0 Å². The molecule has 0 aliphatic carbocycles. The monoisotopic (exact) mass is 498 g/mol. The Hall–Kier alpha value is -3.26. The first-order valence-corrected chi connectivity index (χ1v) is 12.7. The van der Waals surface area contributed by atoms with Gasteiger partial charge in [0.2, 0.25) is 0 Å². The van der Waals surface area contributed by atoms with E-state index < -0.39 is 0 Å². The first kappa shape index (κ1) is 27.3. The summed E-state index contributed by atoms with van der Waals surface area (Å²) < 4.78 is 21.8. The molecule has 2 aromatic carbocycles. The summed E-state index contributed by atoms with van der Waals surface area (Å²) in [7, 11) is 1.65. The summed E-state index contributed by atoms with van der Waals surface area (Å²) in [6, 6.07) is 13.2. The number of methoxy groups -OCH3 is 1. The number of rotatable bonds is 12. The molecule has 0 spiro atoms. The Bertz CT molecular complexity index is 1000. The zero-order valence-corrected chi connectivity index (χ0v) is 21.7. The molecule has 1 fully saturated rings. The fourth-order valence-corrected chi connectivity index (χ4v) is 4.15. The first-order chi connectivity index (χ1) is 17.4. The van der Waals surface area contributed by atoms with Crippen LogP contribution in [-0.2, 0) is 16.1 Å². The Balaban J connectivity index is 1.47. The van der Waals surface area contributed by atoms with Crippen LogP contribution in [0.25, 0.3) is 0 Å². The van der Waals surface area contributed by atoms with Gasteiger partial charge in [-0.2, -0.15) is 0 Å². The Morgan fingerprint density at radius 2 is 1.81 bits per heavy atom. The van der Waals surface area contributed by atoms with Gasteiger partial charge in [-0.25, -0.2) is 0 Å². The predicted molar refractivity (Wildman–Crippen MR) is 138 cm³/mol. The van der Waals surface area contributed by atoms with Gasteiger partial charge in [-0.1, -0.05) is 12.1 Å². The summed E-state index contributed by atoms with van der Waals surface area (Å²) in [6.45, 7) is 9.24. The molecule has 0 bridgehead atoms. The summed E-state index contributed by atoms with van der Waals surface area (Å²) in [6.07, 6.45) is 1.76. The summed E-state index contributed by atoms with van der Waals surface area (Å²) in [5.41, 5.74) is 1.72. The molecule has 1 heterocycles. The van der Waals surface area contributed by atoms with E-state index >= 15 is 0 Å². The van der Waals surface area contributed by atoms with E-state index in [2.05, 4.69) is 16.3 Å². The Labute approximate surface area is 213 Å². The third-order valence-electron chi connectivity index (χ3n) is 6.14. The third-order valence-corrected chi connectivity index (χ3v) is 6.14. The SMILES string of the molecule is CCOC(=O)C(C)COc1cccc(C(=O)NC2CCN(Cc3ccc(OC)c(OCC)c3)CC2)c1. The number of esters is 1. The number of hydrogen-bond donors (Lipinski definition) is 1. The molecule has 1 aliphatic rings. The number of hydrogen-bond acceptors (Lipinski definition) is 7. The average molecular weight is 499 g/mol. The van der Waals surface area contributed by atoms with Gasteiger partial charge in [0.15, 0.2) is 11.5 Å². The average Bonchev–Trinajstić information content (AvgIpc) is 2.89. The number of benzene rings is 2. The number of nitrogens with one attached hydrogen (secondary N) is 1. The minimum atomic E-state index is -0.378. The second kappa shape index (κ2) is 13.7. The zero-order chi connectivity index (χ0) is 25.9. The van der Waals surface area contributed by atoms with Crippen LogP contribution in [0.3, 0.4) is 0 Å². The summed E-state index contributed by atoms with van der Waals surface area (Å²) in [5.74, 6) is 1.27. The molecule has 36 heavy (non-hydrogen) atoms. The van der Waals surface area contributed by atoms with E-state index in [9.17, 15) is 9.59 Å². The van der Waals surface area contributed by atoms with Gasteiger partial charge in [0.25, 0.3) is 5.91 Å². The molecule has 0 saturated carbocycles. The number of carbonyl (C=O) groups excluding carboxylic acids is 2. The van der Waals surface area contributed by atoms with Crippen molar-refractivity contribution in [2.24, 2.45) is 5.92 Å². The molecule has 2 aromatic rings. The molecule has 1 aliphatic heterocycles. The lowest BCUT2D eigenvalue weighted by Crippen LogP contribution is -2.44. The molecule has 0 aromatic heterocycles. The molecule has 1 N–H and O–H groups in total. The number of amides is 1. The maximum absolute atomic E-state index is 12.8. The molecule has 1 saturated heterocycles. The quantitative estimate of drug-likeness (QED) is 0.442. The van der Waals surface area contributed by atoms with Crippen LogP contribution in [0.5, 0.6) is 17.2 Å². The van der Waals surface area contributed by atoms with Gasteiger partial charge < -0.3 is 24.3 Å². The molecule has 8 heteroatoms. The molecule has 3 rings (SSSR count). The summed E-state index contributed by atoms with van der Waals surface area (Å²) in [5, 5.41) is 3.16. The Morgan fingerprint density at radius 1 is 1.03 bits per heavy atom. The highest BCUT2D eigenvalue weighted by atomic mass is 16.5. The number of likely N-dealkylation sites (tertiary alicyclic amines) is 1. The van der Waals surface area contributed by atoms with Gasteiger partial charge in [0.05, 0.1) is 26.2 Å². The first-order valence-electron chi connectivity index (χ1n) is 12.7. The van der Waals surface area contributed by atoms with Crippen LogP contribution < -0.4 is 19.5 Å². The van der Waals surface area contributed by atoms with Crippen molar-refractivity contribution in [3.63, 3.8) is 0 Å². The topological polar surface area (TPSA) is 86.3 Å². The van der Waals surface area contributed by atoms with Crippen molar-refractivity contribution in [1.29, 1.82) is 0 Å². The normalized spacial score (nSPS) is 15.1. The van der Waals surface area contributed by atoms with Crippen molar-refractivity contribution in [3.05, 3.63) is 53.6 Å².